The number of benzene rings is 1. The van der Waals surface area contributed by atoms with E-state index in [1.165, 1.54) is 6.07 Å². The first-order valence-corrected chi connectivity index (χ1v) is 5.52. The number of nitrogens with zero attached hydrogens (tertiary/aromatic N) is 1. The molecule has 82 valence electrons. The van der Waals surface area contributed by atoms with Crippen molar-refractivity contribution >= 4 is 15.9 Å². The highest BCUT2D eigenvalue weighted by Crippen LogP contribution is 2.22. The largest absolute Gasteiger partial charge is 0.486 e. The maximum atomic E-state index is 13.3. The van der Waals surface area contributed by atoms with Gasteiger partial charge in [-0.05, 0) is 24.3 Å². The van der Waals surface area contributed by atoms with Crippen LogP contribution in [0.5, 0.6) is 5.75 Å². The highest BCUT2D eigenvalue weighted by molar-refractivity contribution is 9.10. The molecule has 0 saturated carbocycles. The Morgan fingerprint density at radius 1 is 1.31 bits per heavy atom. The Morgan fingerprint density at radius 3 is 2.94 bits per heavy atom. The Hall–Kier alpha value is -1.42. The summed E-state index contributed by atoms with van der Waals surface area (Å²) in [7, 11) is 0. The van der Waals surface area contributed by atoms with E-state index in [-0.39, 0.29) is 11.6 Å². The summed E-state index contributed by atoms with van der Waals surface area (Å²) in [6, 6.07) is 8.29. The third kappa shape index (κ3) is 2.79. The SMILES string of the molecule is Fc1ccc(Br)cc1OCc1cccnc1. The highest BCUT2D eigenvalue weighted by atomic mass is 79.9. The summed E-state index contributed by atoms with van der Waals surface area (Å²) in [5.41, 5.74) is 0.905. The van der Waals surface area contributed by atoms with E-state index in [2.05, 4.69) is 20.9 Å². The number of hydrogen-bond donors (Lipinski definition) is 0. The molecule has 0 atom stereocenters. The summed E-state index contributed by atoms with van der Waals surface area (Å²) in [5.74, 6) is -0.134. The Morgan fingerprint density at radius 2 is 2.19 bits per heavy atom. The lowest BCUT2D eigenvalue weighted by Gasteiger charge is -2.07. The fourth-order valence-corrected chi connectivity index (χ4v) is 1.57. The minimum absolute atomic E-state index is 0.234. The first-order valence-electron chi connectivity index (χ1n) is 4.72. The van der Waals surface area contributed by atoms with Crippen molar-refractivity contribution in [1.82, 2.24) is 4.98 Å². The molecule has 0 saturated heterocycles. The normalized spacial score (nSPS) is 10.1. The maximum Gasteiger partial charge on any atom is 0.165 e. The van der Waals surface area contributed by atoms with Gasteiger partial charge in [-0.25, -0.2) is 4.39 Å². The molecule has 2 aromatic rings. The van der Waals surface area contributed by atoms with Gasteiger partial charge < -0.3 is 4.74 Å². The molecule has 0 aliphatic rings. The molecule has 1 aromatic carbocycles. The van der Waals surface area contributed by atoms with Crippen LogP contribution in [0.4, 0.5) is 4.39 Å². The number of hydrogen-bond acceptors (Lipinski definition) is 2. The number of halogens is 2. The molecule has 2 rings (SSSR count). The van der Waals surface area contributed by atoms with Crippen molar-refractivity contribution in [2.75, 3.05) is 0 Å². The van der Waals surface area contributed by atoms with Crippen molar-refractivity contribution in [3.63, 3.8) is 0 Å². The highest BCUT2D eigenvalue weighted by Gasteiger charge is 2.04. The molecule has 0 aliphatic carbocycles. The molecule has 1 aromatic heterocycles. The third-order valence-electron chi connectivity index (χ3n) is 2.01. The molecular formula is C12H9BrFNO. The fourth-order valence-electron chi connectivity index (χ4n) is 1.23. The standard InChI is InChI=1S/C12H9BrFNO/c13-10-3-4-11(14)12(6-10)16-8-9-2-1-5-15-7-9/h1-7H,8H2. The average molecular weight is 282 g/mol. The van der Waals surface area contributed by atoms with Crippen LogP contribution in [0, 0.1) is 5.82 Å². The topological polar surface area (TPSA) is 22.1 Å². The zero-order valence-electron chi connectivity index (χ0n) is 8.36. The first-order chi connectivity index (χ1) is 7.75. The van der Waals surface area contributed by atoms with Crippen molar-refractivity contribution in [3.05, 3.63) is 58.6 Å². The van der Waals surface area contributed by atoms with Crippen LogP contribution in [-0.2, 0) is 6.61 Å². The van der Waals surface area contributed by atoms with Gasteiger partial charge in [-0.2, -0.15) is 0 Å². The van der Waals surface area contributed by atoms with Crippen LogP contribution in [0.15, 0.2) is 47.2 Å². The van der Waals surface area contributed by atoms with Crippen molar-refractivity contribution < 1.29 is 9.13 Å². The van der Waals surface area contributed by atoms with E-state index < -0.39 is 0 Å². The lowest BCUT2D eigenvalue weighted by atomic mass is 10.3. The smallest absolute Gasteiger partial charge is 0.165 e. The van der Waals surface area contributed by atoms with Crippen LogP contribution in [0.3, 0.4) is 0 Å². The van der Waals surface area contributed by atoms with Crippen LogP contribution in [-0.4, -0.2) is 4.98 Å². The zero-order valence-corrected chi connectivity index (χ0v) is 9.95. The molecule has 0 amide bonds. The minimum Gasteiger partial charge on any atom is -0.486 e. The molecule has 4 heteroatoms. The lowest BCUT2D eigenvalue weighted by molar-refractivity contribution is 0.289. The molecule has 0 bridgehead atoms. The second-order valence-corrected chi connectivity index (χ2v) is 4.14. The summed E-state index contributed by atoms with van der Waals surface area (Å²) >= 11 is 3.26. The van der Waals surface area contributed by atoms with Crippen molar-refractivity contribution in [3.8, 4) is 5.75 Å². The van der Waals surface area contributed by atoms with Gasteiger partial charge in [0.05, 0.1) is 0 Å². The van der Waals surface area contributed by atoms with Crippen LogP contribution in [0.1, 0.15) is 5.56 Å². The molecule has 0 fully saturated rings. The summed E-state index contributed by atoms with van der Waals surface area (Å²) in [5, 5.41) is 0. The second kappa shape index (κ2) is 5.07. The van der Waals surface area contributed by atoms with Gasteiger partial charge >= 0.3 is 0 Å². The molecule has 1 heterocycles. The van der Waals surface area contributed by atoms with Gasteiger partial charge in [-0.15, -0.1) is 0 Å². The van der Waals surface area contributed by atoms with Gasteiger partial charge in [0.1, 0.15) is 6.61 Å². The van der Waals surface area contributed by atoms with Crippen LogP contribution < -0.4 is 4.74 Å². The second-order valence-electron chi connectivity index (χ2n) is 3.22. The van der Waals surface area contributed by atoms with Crippen molar-refractivity contribution in [1.29, 1.82) is 0 Å². The lowest BCUT2D eigenvalue weighted by Crippen LogP contribution is -1.97. The quantitative estimate of drug-likeness (QED) is 0.858. The van der Waals surface area contributed by atoms with E-state index in [1.54, 1.807) is 24.5 Å². The summed E-state index contributed by atoms with van der Waals surface area (Å²) in [6.45, 7) is 0.307. The van der Waals surface area contributed by atoms with Crippen molar-refractivity contribution in [2.24, 2.45) is 0 Å². The average Bonchev–Trinajstić information content (AvgIpc) is 2.32. The molecule has 0 N–H and O–H groups in total. The zero-order chi connectivity index (χ0) is 11.4. The Bertz CT molecular complexity index is 476. The van der Waals surface area contributed by atoms with Crippen molar-refractivity contribution in [2.45, 2.75) is 6.61 Å². The summed E-state index contributed by atoms with van der Waals surface area (Å²) in [4.78, 5) is 3.95. The predicted molar refractivity (Wildman–Crippen MR) is 62.7 cm³/mol. The molecule has 0 radical (unpaired) electrons. The van der Waals surface area contributed by atoms with Gasteiger partial charge in [-0.1, -0.05) is 22.0 Å². The summed E-state index contributed by atoms with van der Waals surface area (Å²) < 4.78 is 19.5. The van der Waals surface area contributed by atoms with E-state index in [4.69, 9.17) is 4.74 Å². The van der Waals surface area contributed by atoms with Gasteiger partial charge in [0.25, 0.3) is 0 Å². The van der Waals surface area contributed by atoms with Gasteiger partial charge in [0.15, 0.2) is 11.6 Å². The summed E-state index contributed by atoms with van der Waals surface area (Å²) in [6.07, 6.45) is 3.37. The van der Waals surface area contributed by atoms with Gasteiger partial charge in [0, 0.05) is 22.4 Å². The number of aromatic nitrogens is 1. The minimum atomic E-state index is -0.368. The van der Waals surface area contributed by atoms with Gasteiger partial charge in [0.2, 0.25) is 0 Å². The molecule has 16 heavy (non-hydrogen) atoms. The van der Waals surface area contributed by atoms with Crippen LogP contribution in [0.2, 0.25) is 0 Å². The van der Waals surface area contributed by atoms with E-state index in [1.807, 2.05) is 12.1 Å². The molecule has 2 nitrogen and oxygen atoms in total. The maximum absolute atomic E-state index is 13.3. The predicted octanol–water partition coefficient (Wildman–Crippen LogP) is 3.56. The number of pyridine rings is 1. The Labute approximate surface area is 101 Å². The molecule has 0 unspecified atom stereocenters. The molecule has 0 spiro atoms. The van der Waals surface area contributed by atoms with E-state index in [0.717, 1.165) is 10.0 Å². The Balaban J connectivity index is 2.08. The molecule has 0 aliphatic heterocycles. The number of ether oxygens (including phenoxy) is 1. The van der Waals surface area contributed by atoms with E-state index in [9.17, 15) is 4.39 Å². The van der Waals surface area contributed by atoms with Crippen LogP contribution >= 0.6 is 15.9 Å². The van der Waals surface area contributed by atoms with Gasteiger partial charge in [-0.3, -0.25) is 4.98 Å². The fraction of sp³-hybridized carbons (Fsp3) is 0.0833. The number of rotatable bonds is 3. The van der Waals surface area contributed by atoms with E-state index >= 15 is 0 Å². The molecular weight excluding hydrogens is 273 g/mol. The van der Waals surface area contributed by atoms with E-state index in [0.29, 0.717) is 6.61 Å². The monoisotopic (exact) mass is 281 g/mol. The Kier molecular flexibility index (Phi) is 3.51. The van der Waals surface area contributed by atoms with Crippen LogP contribution in [0.25, 0.3) is 0 Å². The third-order valence-corrected chi connectivity index (χ3v) is 2.50. The first kappa shape index (κ1) is 11.1.